The predicted octanol–water partition coefficient (Wildman–Crippen LogP) is 1.75. The molecule has 0 spiro atoms. The number of halogens is 1. The summed E-state index contributed by atoms with van der Waals surface area (Å²) in [5.41, 5.74) is 0.444. The number of phenolic OH excluding ortho intramolecular Hbond substituents is 1. The average molecular weight is 349 g/mol. The van der Waals surface area contributed by atoms with Gasteiger partial charge in [0.05, 0.1) is 3.57 Å². The first-order valence-corrected chi connectivity index (χ1v) is 6.50. The van der Waals surface area contributed by atoms with Crippen LogP contribution >= 0.6 is 22.6 Å². The Morgan fingerprint density at radius 3 is 2.82 bits per heavy atom. The van der Waals surface area contributed by atoms with Gasteiger partial charge in [-0.3, -0.25) is 4.79 Å². The molecule has 1 atom stereocenters. The molecular weight excluding hydrogens is 333 g/mol. The number of benzene rings is 1. The van der Waals surface area contributed by atoms with Crippen LogP contribution in [-0.4, -0.2) is 29.3 Å². The zero-order chi connectivity index (χ0) is 12.8. The summed E-state index contributed by atoms with van der Waals surface area (Å²) in [7, 11) is 0. The first-order valence-electron chi connectivity index (χ1n) is 5.42. The van der Waals surface area contributed by atoms with Crippen LogP contribution in [-0.2, 0) is 0 Å². The number of carbonyl (C=O) groups excluding carboxylic acids is 1. The Bertz CT molecular complexity index is 395. The number of hydrogen-bond acceptors (Lipinski definition) is 3. The topological polar surface area (TPSA) is 69.6 Å². The van der Waals surface area contributed by atoms with E-state index in [9.17, 15) is 9.90 Å². The van der Waals surface area contributed by atoms with Gasteiger partial charge >= 0.3 is 0 Å². The van der Waals surface area contributed by atoms with E-state index in [1.165, 1.54) is 6.07 Å². The van der Waals surface area contributed by atoms with Gasteiger partial charge in [0.2, 0.25) is 0 Å². The average Bonchev–Trinajstić information content (AvgIpc) is 2.30. The Hall–Kier alpha value is -0.820. The van der Waals surface area contributed by atoms with Gasteiger partial charge in [-0.05, 0) is 53.1 Å². The molecule has 1 rings (SSSR count). The number of phenols is 1. The number of aliphatic hydroxyl groups is 1. The van der Waals surface area contributed by atoms with Crippen LogP contribution < -0.4 is 5.32 Å². The van der Waals surface area contributed by atoms with E-state index in [1.54, 1.807) is 12.1 Å². The molecule has 1 aromatic rings. The summed E-state index contributed by atoms with van der Waals surface area (Å²) in [5, 5.41) is 21.0. The van der Waals surface area contributed by atoms with E-state index >= 15 is 0 Å². The molecule has 0 aliphatic carbocycles. The van der Waals surface area contributed by atoms with E-state index in [2.05, 4.69) is 5.32 Å². The highest BCUT2D eigenvalue weighted by atomic mass is 127. The van der Waals surface area contributed by atoms with Crippen LogP contribution in [0.2, 0.25) is 0 Å². The van der Waals surface area contributed by atoms with Crippen molar-refractivity contribution in [3.63, 3.8) is 0 Å². The highest BCUT2D eigenvalue weighted by Gasteiger charge is 2.09. The lowest BCUT2D eigenvalue weighted by atomic mass is 10.1. The minimum absolute atomic E-state index is 0.113. The van der Waals surface area contributed by atoms with Crippen molar-refractivity contribution in [2.24, 2.45) is 5.92 Å². The molecule has 4 nitrogen and oxygen atoms in total. The summed E-state index contributed by atoms with van der Waals surface area (Å²) in [6, 6.07) is 4.82. The Kier molecular flexibility index (Phi) is 5.70. The van der Waals surface area contributed by atoms with Crippen LogP contribution in [0.5, 0.6) is 5.75 Å². The third-order valence-electron chi connectivity index (χ3n) is 2.44. The van der Waals surface area contributed by atoms with Crippen LogP contribution in [0.1, 0.15) is 23.7 Å². The molecule has 0 saturated carbocycles. The lowest BCUT2D eigenvalue weighted by Crippen LogP contribution is -2.28. The van der Waals surface area contributed by atoms with Crippen LogP contribution in [0.15, 0.2) is 18.2 Å². The monoisotopic (exact) mass is 349 g/mol. The third-order valence-corrected chi connectivity index (χ3v) is 3.35. The van der Waals surface area contributed by atoms with Crippen LogP contribution in [0, 0.1) is 9.49 Å². The van der Waals surface area contributed by atoms with Gasteiger partial charge in [0, 0.05) is 18.7 Å². The van der Waals surface area contributed by atoms with Crippen molar-refractivity contribution >= 4 is 28.5 Å². The van der Waals surface area contributed by atoms with Gasteiger partial charge < -0.3 is 15.5 Å². The van der Waals surface area contributed by atoms with Crippen LogP contribution in [0.3, 0.4) is 0 Å². The molecule has 0 heterocycles. The predicted molar refractivity (Wildman–Crippen MR) is 74.0 cm³/mol. The fourth-order valence-corrected chi connectivity index (χ4v) is 1.68. The first-order chi connectivity index (χ1) is 8.04. The molecule has 94 valence electrons. The molecule has 0 aliphatic heterocycles. The fraction of sp³-hybridized carbons (Fsp3) is 0.417. The van der Waals surface area contributed by atoms with Crippen molar-refractivity contribution in [1.82, 2.24) is 5.32 Å². The van der Waals surface area contributed by atoms with Gasteiger partial charge in [0.1, 0.15) is 5.75 Å². The standard InChI is InChI=1S/C12H16INO3/c1-8(4-5-15)7-14-12(17)9-2-3-10(13)11(16)6-9/h2-3,6,8,15-16H,4-5,7H2,1H3,(H,14,17). The van der Waals surface area contributed by atoms with Crippen molar-refractivity contribution in [1.29, 1.82) is 0 Å². The molecule has 17 heavy (non-hydrogen) atoms. The smallest absolute Gasteiger partial charge is 0.251 e. The number of nitrogens with one attached hydrogen (secondary N) is 1. The van der Waals surface area contributed by atoms with Crippen molar-refractivity contribution in [2.75, 3.05) is 13.2 Å². The van der Waals surface area contributed by atoms with Crippen LogP contribution in [0.4, 0.5) is 0 Å². The number of amides is 1. The van der Waals surface area contributed by atoms with Gasteiger partial charge in [0.25, 0.3) is 5.91 Å². The lowest BCUT2D eigenvalue weighted by Gasteiger charge is -2.11. The number of aromatic hydroxyl groups is 1. The number of carbonyl (C=O) groups is 1. The highest BCUT2D eigenvalue weighted by molar-refractivity contribution is 14.1. The first kappa shape index (κ1) is 14.2. The molecule has 0 fully saturated rings. The Labute approximate surface area is 114 Å². The second-order valence-corrected chi connectivity index (χ2v) is 5.16. The quantitative estimate of drug-likeness (QED) is 0.710. The molecule has 0 saturated heterocycles. The molecule has 0 bridgehead atoms. The molecule has 0 radical (unpaired) electrons. The minimum Gasteiger partial charge on any atom is -0.507 e. The van der Waals surface area contributed by atoms with E-state index in [1.807, 2.05) is 29.5 Å². The van der Waals surface area contributed by atoms with Crippen molar-refractivity contribution < 1.29 is 15.0 Å². The van der Waals surface area contributed by atoms with Crippen molar-refractivity contribution in [2.45, 2.75) is 13.3 Å². The SMILES string of the molecule is CC(CCO)CNC(=O)c1ccc(I)c(O)c1. The van der Waals surface area contributed by atoms with Crippen molar-refractivity contribution in [3.8, 4) is 5.75 Å². The van der Waals surface area contributed by atoms with E-state index < -0.39 is 0 Å². The normalized spacial score (nSPS) is 12.2. The highest BCUT2D eigenvalue weighted by Crippen LogP contribution is 2.20. The molecule has 3 N–H and O–H groups in total. The Balaban J connectivity index is 2.55. The number of rotatable bonds is 5. The molecular formula is C12H16INO3. The fourth-order valence-electron chi connectivity index (χ4n) is 1.35. The second kappa shape index (κ2) is 6.80. The van der Waals surface area contributed by atoms with Crippen LogP contribution in [0.25, 0.3) is 0 Å². The maximum absolute atomic E-state index is 11.7. The molecule has 1 amide bonds. The summed E-state index contributed by atoms with van der Waals surface area (Å²) in [6.07, 6.45) is 0.665. The summed E-state index contributed by atoms with van der Waals surface area (Å²) >= 11 is 2.00. The second-order valence-electron chi connectivity index (χ2n) is 3.99. The Morgan fingerprint density at radius 1 is 1.53 bits per heavy atom. The van der Waals surface area contributed by atoms with E-state index in [4.69, 9.17) is 5.11 Å². The van der Waals surface area contributed by atoms with E-state index in [0.717, 1.165) is 0 Å². The van der Waals surface area contributed by atoms with Crippen molar-refractivity contribution in [3.05, 3.63) is 27.3 Å². The largest absolute Gasteiger partial charge is 0.507 e. The zero-order valence-corrected chi connectivity index (χ0v) is 11.8. The summed E-state index contributed by atoms with van der Waals surface area (Å²) in [6.45, 7) is 2.61. The van der Waals surface area contributed by atoms with Gasteiger partial charge in [-0.25, -0.2) is 0 Å². The Morgan fingerprint density at radius 2 is 2.24 bits per heavy atom. The summed E-state index contributed by atoms with van der Waals surface area (Å²) in [5.74, 6) is 0.143. The summed E-state index contributed by atoms with van der Waals surface area (Å²) < 4.78 is 0.716. The lowest BCUT2D eigenvalue weighted by molar-refractivity contribution is 0.0945. The maximum Gasteiger partial charge on any atom is 0.251 e. The molecule has 0 aromatic heterocycles. The molecule has 1 unspecified atom stereocenters. The summed E-state index contributed by atoms with van der Waals surface area (Å²) in [4.78, 5) is 11.7. The number of hydrogen-bond donors (Lipinski definition) is 3. The number of aliphatic hydroxyl groups excluding tert-OH is 1. The van der Waals surface area contributed by atoms with Gasteiger partial charge in [-0.2, -0.15) is 0 Å². The van der Waals surface area contributed by atoms with E-state index in [-0.39, 0.29) is 24.2 Å². The van der Waals surface area contributed by atoms with Gasteiger partial charge in [-0.1, -0.05) is 6.92 Å². The molecule has 5 heteroatoms. The van der Waals surface area contributed by atoms with Gasteiger partial charge in [-0.15, -0.1) is 0 Å². The van der Waals surface area contributed by atoms with E-state index in [0.29, 0.717) is 22.1 Å². The maximum atomic E-state index is 11.7. The third kappa shape index (κ3) is 4.51. The minimum atomic E-state index is -0.207. The molecule has 1 aromatic carbocycles. The van der Waals surface area contributed by atoms with Gasteiger partial charge in [0.15, 0.2) is 0 Å². The zero-order valence-electron chi connectivity index (χ0n) is 9.61. The molecule has 0 aliphatic rings.